The number of fused-ring (bicyclic) bond motifs is 1. The Balaban J connectivity index is 1.39. The molecule has 0 fully saturated rings. The van der Waals surface area contributed by atoms with Crippen molar-refractivity contribution in [3.63, 3.8) is 0 Å². The number of carboxylic acids is 1. The van der Waals surface area contributed by atoms with Crippen LogP contribution in [0, 0.1) is 0 Å². The minimum atomic E-state index is -0.987. The lowest BCUT2D eigenvalue weighted by molar-refractivity contribution is 0.0696. The Kier molecular flexibility index (Phi) is 6.35. The third-order valence-electron chi connectivity index (χ3n) is 5.63. The Morgan fingerprint density at radius 1 is 1.03 bits per heavy atom. The number of thiazole rings is 1. The van der Waals surface area contributed by atoms with Gasteiger partial charge >= 0.3 is 5.97 Å². The standard InChI is InChI=1S/C27H20ClN3O3S/c28-21-12-20-10-11-31(15-22-16-35-26(30-22)18-4-2-1-3-5-18)24(20)23(13-21)25(32)29-14-17-6-8-19(9-7-17)27(33)34/h1-13,16H,14-15H2,(H,29,32)(H,33,34). The molecule has 0 radical (unpaired) electrons. The van der Waals surface area contributed by atoms with Crippen LogP contribution in [0.3, 0.4) is 0 Å². The van der Waals surface area contributed by atoms with Crippen molar-refractivity contribution in [3.05, 3.63) is 112 Å². The lowest BCUT2D eigenvalue weighted by Gasteiger charge is -2.11. The van der Waals surface area contributed by atoms with E-state index in [4.69, 9.17) is 21.7 Å². The van der Waals surface area contributed by atoms with E-state index in [1.54, 1.807) is 29.5 Å². The number of halogens is 1. The van der Waals surface area contributed by atoms with Crippen LogP contribution in [0.1, 0.15) is 32.0 Å². The number of carbonyl (C=O) groups excluding carboxylic acids is 1. The average Bonchev–Trinajstić information content (AvgIpc) is 3.50. The summed E-state index contributed by atoms with van der Waals surface area (Å²) < 4.78 is 2.01. The van der Waals surface area contributed by atoms with Crippen LogP contribution in [0.2, 0.25) is 5.02 Å². The van der Waals surface area contributed by atoms with Crippen LogP contribution in [0.4, 0.5) is 0 Å². The van der Waals surface area contributed by atoms with Gasteiger partial charge in [-0.15, -0.1) is 11.3 Å². The summed E-state index contributed by atoms with van der Waals surface area (Å²) in [6.07, 6.45) is 1.93. The second kappa shape index (κ2) is 9.74. The molecular weight excluding hydrogens is 482 g/mol. The van der Waals surface area contributed by atoms with E-state index < -0.39 is 5.97 Å². The molecule has 0 aliphatic rings. The molecule has 0 aliphatic carbocycles. The molecule has 2 aromatic heterocycles. The van der Waals surface area contributed by atoms with Crippen LogP contribution in [0.25, 0.3) is 21.5 Å². The van der Waals surface area contributed by atoms with Gasteiger partial charge in [0, 0.05) is 34.1 Å². The lowest BCUT2D eigenvalue weighted by Crippen LogP contribution is -2.23. The van der Waals surface area contributed by atoms with E-state index in [9.17, 15) is 9.59 Å². The van der Waals surface area contributed by atoms with Gasteiger partial charge in [0.05, 0.1) is 28.9 Å². The van der Waals surface area contributed by atoms with Gasteiger partial charge in [-0.2, -0.15) is 0 Å². The van der Waals surface area contributed by atoms with Crippen molar-refractivity contribution in [1.29, 1.82) is 0 Å². The Morgan fingerprint density at radius 3 is 2.54 bits per heavy atom. The number of nitrogens with one attached hydrogen (secondary N) is 1. The van der Waals surface area contributed by atoms with Crippen molar-refractivity contribution in [3.8, 4) is 10.6 Å². The Labute approximate surface area is 210 Å². The van der Waals surface area contributed by atoms with Crippen molar-refractivity contribution in [1.82, 2.24) is 14.9 Å². The summed E-state index contributed by atoms with van der Waals surface area (Å²) in [4.78, 5) is 29.0. The van der Waals surface area contributed by atoms with E-state index in [1.807, 2.05) is 58.6 Å². The molecule has 0 spiro atoms. The van der Waals surface area contributed by atoms with Crippen LogP contribution < -0.4 is 5.32 Å². The fourth-order valence-electron chi connectivity index (χ4n) is 3.93. The molecule has 1 amide bonds. The number of carbonyl (C=O) groups is 2. The highest BCUT2D eigenvalue weighted by molar-refractivity contribution is 7.13. The van der Waals surface area contributed by atoms with Gasteiger partial charge in [0.2, 0.25) is 0 Å². The summed E-state index contributed by atoms with van der Waals surface area (Å²) in [6, 6.07) is 21.9. The highest BCUT2D eigenvalue weighted by Gasteiger charge is 2.16. The first-order valence-corrected chi connectivity index (χ1v) is 12.1. The van der Waals surface area contributed by atoms with E-state index in [2.05, 4.69) is 5.32 Å². The molecule has 0 atom stereocenters. The van der Waals surface area contributed by atoms with Crippen LogP contribution in [0.15, 0.2) is 84.4 Å². The molecule has 2 heterocycles. The molecule has 0 saturated carbocycles. The first-order valence-electron chi connectivity index (χ1n) is 10.9. The van der Waals surface area contributed by atoms with E-state index in [0.29, 0.717) is 17.1 Å². The van der Waals surface area contributed by atoms with Gasteiger partial charge in [0.1, 0.15) is 5.01 Å². The molecule has 6 nitrogen and oxygen atoms in total. The number of rotatable bonds is 7. The second-order valence-corrected chi connectivity index (χ2v) is 9.32. The van der Waals surface area contributed by atoms with Crippen LogP contribution in [-0.2, 0) is 13.1 Å². The van der Waals surface area contributed by atoms with E-state index in [-0.39, 0.29) is 18.0 Å². The first kappa shape index (κ1) is 22.8. The highest BCUT2D eigenvalue weighted by Crippen LogP contribution is 2.28. The maximum atomic E-state index is 13.2. The normalized spacial score (nSPS) is 11.0. The molecule has 0 saturated heterocycles. The summed E-state index contributed by atoms with van der Waals surface area (Å²) in [6.45, 7) is 0.783. The first-order chi connectivity index (χ1) is 17.0. The minimum Gasteiger partial charge on any atom is -0.478 e. The minimum absolute atomic E-state index is 0.201. The second-order valence-electron chi connectivity index (χ2n) is 8.03. The van der Waals surface area contributed by atoms with Crippen molar-refractivity contribution in [2.45, 2.75) is 13.1 Å². The smallest absolute Gasteiger partial charge is 0.335 e. The van der Waals surface area contributed by atoms with Crippen LogP contribution in [-0.4, -0.2) is 26.5 Å². The highest BCUT2D eigenvalue weighted by atomic mass is 35.5. The van der Waals surface area contributed by atoms with E-state index in [1.165, 1.54) is 12.1 Å². The molecular formula is C27H20ClN3O3S. The zero-order chi connectivity index (χ0) is 24.4. The molecule has 0 aliphatic heterocycles. The summed E-state index contributed by atoms with van der Waals surface area (Å²) in [5, 5.41) is 16.3. The molecule has 2 N–H and O–H groups in total. The topological polar surface area (TPSA) is 84.2 Å². The monoisotopic (exact) mass is 501 g/mol. The average molecular weight is 502 g/mol. The molecule has 3 aromatic carbocycles. The number of nitrogens with zero attached hydrogens (tertiary/aromatic N) is 2. The maximum Gasteiger partial charge on any atom is 0.335 e. The number of aromatic nitrogens is 2. The van der Waals surface area contributed by atoms with E-state index >= 15 is 0 Å². The fraction of sp³-hybridized carbons (Fsp3) is 0.0741. The molecule has 174 valence electrons. The molecule has 8 heteroatoms. The predicted octanol–water partition coefficient (Wildman–Crippen LogP) is 6.09. The molecule has 5 rings (SSSR count). The number of carboxylic acid groups (broad SMARTS) is 1. The van der Waals surface area contributed by atoms with Gasteiger partial charge in [0.25, 0.3) is 5.91 Å². The zero-order valence-corrected chi connectivity index (χ0v) is 20.0. The molecule has 5 aromatic rings. The van der Waals surface area contributed by atoms with Crippen molar-refractivity contribution >= 4 is 45.7 Å². The zero-order valence-electron chi connectivity index (χ0n) is 18.4. The number of hydrogen-bond acceptors (Lipinski definition) is 4. The van der Waals surface area contributed by atoms with Gasteiger partial charge in [-0.3, -0.25) is 4.79 Å². The Morgan fingerprint density at radius 2 is 1.80 bits per heavy atom. The molecule has 0 unspecified atom stereocenters. The number of hydrogen-bond donors (Lipinski definition) is 2. The van der Waals surface area contributed by atoms with Gasteiger partial charge < -0.3 is 15.0 Å². The lowest BCUT2D eigenvalue weighted by atomic mass is 10.1. The molecule has 35 heavy (non-hydrogen) atoms. The summed E-state index contributed by atoms with van der Waals surface area (Å²) in [7, 11) is 0. The van der Waals surface area contributed by atoms with Crippen LogP contribution in [0.5, 0.6) is 0 Å². The SMILES string of the molecule is O=C(O)c1ccc(CNC(=O)c2cc(Cl)cc3ccn(Cc4csc(-c5ccccc5)n4)c23)cc1. The predicted molar refractivity (Wildman–Crippen MR) is 138 cm³/mol. The van der Waals surface area contributed by atoms with Gasteiger partial charge in [-0.05, 0) is 35.9 Å². The van der Waals surface area contributed by atoms with Gasteiger partial charge in [0.15, 0.2) is 0 Å². The fourth-order valence-corrected chi connectivity index (χ4v) is 4.97. The third kappa shape index (κ3) is 4.96. The van der Waals surface area contributed by atoms with Crippen LogP contribution >= 0.6 is 22.9 Å². The number of amides is 1. The summed E-state index contributed by atoms with van der Waals surface area (Å²) in [5.41, 5.74) is 4.23. The van der Waals surface area contributed by atoms with Gasteiger partial charge in [-0.25, -0.2) is 9.78 Å². The number of benzene rings is 3. The van der Waals surface area contributed by atoms with E-state index in [0.717, 1.165) is 32.7 Å². The maximum absolute atomic E-state index is 13.2. The summed E-state index contributed by atoms with van der Waals surface area (Å²) >= 11 is 7.91. The van der Waals surface area contributed by atoms with Crippen molar-refractivity contribution in [2.75, 3.05) is 0 Å². The van der Waals surface area contributed by atoms with Crippen molar-refractivity contribution in [2.24, 2.45) is 0 Å². The largest absolute Gasteiger partial charge is 0.478 e. The summed E-state index contributed by atoms with van der Waals surface area (Å²) in [5.74, 6) is -1.25. The third-order valence-corrected chi connectivity index (χ3v) is 6.79. The van der Waals surface area contributed by atoms with Gasteiger partial charge in [-0.1, -0.05) is 54.1 Å². The Bertz CT molecular complexity index is 1520. The quantitative estimate of drug-likeness (QED) is 0.282. The van der Waals surface area contributed by atoms with Crippen molar-refractivity contribution < 1.29 is 14.7 Å². The Hall–Kier alpha value is -3.94. The molecule has 0 bridgehead atoms. The number of aromatic carboxylic acids is 1.